The van der Waals surface area contributed by atoms with Crippen LogP contribution in [0.15, 0.2) is 0 Å². The Morgan fingerprint density at radius 3 is 2.38 bits per heavy atom. The van der Waals surface area contributed by atoms with E-state index in [4.69, 9.17) is 13.6 Å². The van der Waals surface area contributed by atoms with Crippen LogP contribution in [0.5, 0.6) is 0 Å². The number of hydrogen-bond donors (Lipinski definition) is 0. The maximum atomic E-state index is 5.77. The maximum absolute atomic E-state index is 5.77. The maximum Gasteiger partial charge on any atom is 0.334 e. The molecule has 1 fully saturated rings. The third-order valence-corrected chi connectivity index (χ3v) is 6.53. The average molecular weight is 264 g/mol. The highest BCUT2D eigenvalue weighted by atomic mass is 32.2. The van der Waals surface area contributed by atoms with E-state index in [1.807, 2.05) is 25.6 Å². The lowest BCUT2D eigenvalue weighted by Crippen LogP contribution is -2.38. The molecule has 3 nitrogen and oxygen atoms in total. The van der Waals surface area contributed by atoms with Gasteiger partial charge >= 0.3 is 8.56 Å². The minimum Gasteiger partial charge on any atom is -0.395 e. The van der Waals surface area contributed by atoms with Gasteiger partial charge in [-0.25, -0.2) is 0 Å². The zero-order chi connectivity index (χ0) is 11.9. The molecule has 1 heterocycles. The molecule has 16 heavy (non-hydrogen) atoms. The Hall–Kier alpha value is 0.447. The quantitative estimate of drug-likeness (QED) is 0.344. The molecular weight excluding hydrogens is 240 g/mol. The minimum absolute atomic E-state index is 0.752. The van der Waals surface area contributed by atoms with Gasteiger partial charge in [0.1, 0.15) is 0 Å². The molecule has 0 aromatic rings. The van der Waals surface area contributed by atoms with Crippen LogP contribution in [-0.2, 0) is 13.6 Å². The molecule has 0 saturated carbocycles. The van der Waals surface area contributed by atoms with E-state index in [9.17, 15) is 0 Å². The number of rotatable bonds is 10. The van der Waals surface area contributed by atoms with E-state index in [1.165, 1.54) is 5.75 Å². The molecule has 0 spiro atoms. The minimum atomic E-state index is -1.90. The predicted molar refractivity (Wildman–Crippen MR) is 71.4 cm³/mol. The topological polar surface area (TPSA) is 27.7 Å². The largest absolute Gasteiger partial charge is 0.395 e. The molecule has 0 aliphatic carbocycles. The van der Waals surface area contributed by atoms with Crippen molar-refractivity contribution in [2.45, 2.75) is 38.1 Å². The molecule has 0 N–H and O–H groups in total. The second-order valence-corrected chi connectivity index (χ2v) is 8.81. The average Bonchev–Trinajstić information content (AvgIpc) is 3.02. The van der Waals surface area contributed by atoms with E-state index in [0.29, 0.717) is 0 Å². The van der Waals surface area contributed by atoms with Crippen molar-refractivity contribution in [2.24, 2.45) is 0 Å². The number of thioether (sulfide) groups is 1. The Morgan fingerprint density at radius 2 is 1.88 bits per heavy atom. The highest BCUT2D eigenvalue weighted by Crippen LogP contribution is 2.29. The molecule has 0 aromatic heterocycles. The molecule has 5 heteroatoms. The van der Waals surface area contributed by atoms with E-state index >= 15 is 0 Å². The van der Waals surface area contributed by atoms with Crippen molar-refractivity contribution in [3.05, 3.63) is 0 Å². The van der Waals surface area contributed by atoms with Gasteiger partial charge < -0.3 is 13.6 Å². The lowest BCUT2D eigenvalue weighted by Gasteiger charge is -2.25. The molecule has 1 aliphatic rings. The molecule has 0 aromatic carbocycles. The zero-order valence-electron chi connectivity index (χ0n) is 10.7. The van der Waals surface area contributed by atoms with Gasteiger partial charge in [-0.2, -0.15) is 11.8 Å². The first-order valence-corrected chi connectivity index (χ1v) is 9.74. The molecule has 0 radical (unpaired) electrons. The molecule has 1 atom stereocenters. The first-order valence-electron chi connectivity index (χ1n) is 6.17. The Kier molecular flexibility index (Phi) is 6.99. The first-order chi connectivity index (χ1) is 7.70. The van der Waals surface area contributed by atoms with Crippen LogP contribution >= 0.6 is 11.8 Å². The summed E-state index contributed by atoms with van der Waals surface area (Å²) in [6.07, 6.45) is 1.06. The first kappa shape index (κ1) is 14.5. The molecule has 0 amide bonds. The monoisotopic (exact) mass is 264 g/mol. The van der Waals surface area contributed by atoms with Crippen molar-refractivity contribution < 1.29 is 13.6 Å². The van der Waals surface area contributed by atoms with E-state index in [2.05, 4.69) is 6.55 Å². The van der Waals surface area contributed by atoms with Gasteiger partial charge in [0, 0.05) is 30.8 Å². The Morgan fingerprint density at radius 1 is 1.25 bits per heavy atom. The van der Waals surface area contributed by atoms with Crippen LogP contribution in [0.3, 0.4) is 0 Å². The lowest BCUT2D eigenvalue weighted by molar-refractivity contribution is 0.136. The molecule has 1 aliphatic heterocycles. The van der Waals surface area contributed by atoms with Crippen molar-refractivity contribution in [2.75, 3.05) is 32.2 Å². The summed E-state index contributed by atoms with van der Waals surface area (Å²) in [5, 5.41) is 0.780. The smallest absolute Gasteiger partial charge is 0.334 e. The fourth-order valence-corrected chi connectivity index (χ4v) is 4.48. The highest BCUT2D eigenvalue weighted by Gasteiger charge is 2.30. The fraction of sp³-hybridized carbons (Fsp3) is 1.00. The van der Waals surface area contributed by atoms with Crippen molar-refractivity contribution in [1.29, 1.82) is 0 Å². The summed E-state index contributed by atoms with van der Waals surface area (Å²) in [5.74, 6) is 1.28. The molecular formula is C11H24O3SSi. The summed E-state index contributed by atoms with van der Waals surface area (Å²) in [6, 6.07) is 1.03. The van der Waals surface area contributed by atoms with Gasteiger partial charge in [-0.3, -0.25) is 0 Å². The second-order valence-electron chi connectivity index (χ2n) is 4.13. The van der Waals surface area contributed by atoms with E-state index < -0.39 is 8.56 Å². The number of ether oxygens (including phenoxy) is 1. The lowest BCUT2D eigenvalue weighted by atomic mass is 10.5. The van der Waals surface area contributed by atoms with Gasteiger partial charge in [0.2, 0.25) is 0 Å². The zero-order valence-corrected chi connectivity index (χ0v) is 12.5. The van der Waals surface area contributed by atoms with Crippen LogP contribution in [0.25, 0.3) is 0 Å². The summed E-state index contributed by atoms with van der Waals surface area (Å²) in [7, 11) is -1.90. The molecule has 96 valence electrons. The SMILES string of the molecule is CCO[Si](C)(CCCOCC1CS1)OCC. The Balaban J connectivity index is 2.05. The number of hydrogen-bond acceptors (Lipinski definition) is 4. The summed E-state index contributed by atoms with van der Waals surface area (Å²) in [4.78, 5) is 0. The van der Waals surface area contributed by atoms with E-state index in [0.717, 1.165) is 44.1 Å². The van der Waals surface area contributed by atoms with Crippen LogP contribution in [0.2, 0.25) is 12.6 Å². The second kappa shape index (κ2) is 7.71. The van der Waals surface area contributed by atoms with Crippen LogP contribution < -0.4 is 0 Å². The van der Waals surface area contributed by atoms with Crippen LogP contribution in [0.1, 0.15) is 20.3 Å². The summed E-state index contributed by atoms with van der Waals surface area (Å²) in [5.41, 5.74) is 0. The Labute approximate surface area is 104 Å². The third-order valence-electron chi connectivity index (χ3n) is 2.53. The van der Waals surface area contributed by atoms with Crippen molar-refractivity contribution in [3.63, 3.8) is 0 Å². The summed E-state index contributed by atoms with van der Waals surface area (Å²) < 4.78 is 17.1. The van der Waals surface area contributed by atoms with Gasteiger partial charge in [0.15, 0.2) is 0 Å². The molecule has 1 rings (SSSR count). The standard InChI is InChI=1S/C11H24O3SSi/c1-4-13-16(3,14-5-2)8-6-7-12-9-11-10-15-11/h11H,4-10H2,1-3H3. The van der Waals surface area contributed by atoms with Gasteiger partial charge in [-0.15, -0.1) is 0 Å². The van der Waals surface area contributed by atoms with E-state index in [-0.39, 0.29) is 0 Å². The van der Waals surface area contributed by atoms with Crippen LogP contribution in [-0.4, -0.2) is 46.0 Å². The van der Waals surface area contributed by atoms with Gasteiger partial charge in [-0.05, 0) is 32.9 Å². The van der Waals surface area contributed by atoms with Gasteiger partial charge in [0.05, 0.1) is 6.61 Å². The van der Waals surface area contributed by atoms with Gasteiger partial charge in [-0.1, -0.05) is 0 Å². The van der Waals surface area contributed by atoms with Gasteiger partial charge in [0.25, 0.3) is 0 Å². The fourth-order valence-electron chi connectivity index (χ4n) is 1.67. The highest BCUT2D eigenvalue weighted by molar-refractivity contribution is 8.06. The van der Waals surface area contributed by atoms with E-state index in [1.54, 1.807) is 0 Å². The summed E-state index contributed by atoms with van der Waals surface area (Å²) >= 11 is 1.98. The van der Waals surface area contributed by atoms with Crippen molar-refractivity contribution in [1.82, 2.24) is 0 Å². The molecule has 1 saturated heterocycles. The Bertz CT molecular complexity index is 182. The van der Waals surface area contributed by atoms with Crippen LogP contribution in [0.4, 0.5) is 0 Å². The molecule has 0 bridgehead atoms. The van der Waals surface area contributed by atoms with Crippen molar-refractivity contribution in [3.8, 4) is 0 Å². The normalized spacial score (nSPS) is 20.1. The molecule has 1 unspecified atom stereocenters. The van der Waals surface area contributed by atoms with Crippen LogP contribution in [0, 0.1) is 0 Å². The third kappa shape index (κ3) is 6.25. The van der Waals surface area contributed by atoms with Crippen molar-refractivity contribution >= 4 is 20.3 Å². The summed E-state index contributed by atoms with van der Waals surface area (Å²) in [6.45, 7) is 9.49. The predicted octanol–water partition coefficient (Wildman–Crippen LogP) is 2.65.